The summed E-state index contributed by atoms with van der Waals surface area (Å²) in [5.41, 5.74) is 8.62. The molecule has 0 saturated heterocycles. The monoisotopic (exact) mass is 260 g/mol. The molecule has 0 radical (unpaired) electrons. The molecule has 2 rings (SSSR count). The van der Waals surface area contributed by atoms with Crippen molar-refractivity contribution in [3.05, 3.63) is 17.6 Å². The van der Waals surface area contributed by atoms with Crippen LogP contribution in [0.3, 0.4) is 0 Å². The topological polar surface area (TPSA) is 82.5 Å². The molecule has 102 valence electrons. The number of hydrogen-bond donors (Lipinski definition) is 1. The maximum absolute atomic E-state index is 5.98. The number of nitrogen functional groups attached to an aromatic ring is 1. The third-order valence-electron chi connectivity index (χ3n) is 3.00. The van der Waals surface area contributed by atoms with Gasteiger partial charge in [0.1, 0.15) is 17.3 Å². The Hall–Kier alpha value is -1.98. The summed E-state index contributed by atoms with van der Waals surface area (Å²) in [7, 11) is 0. The summed E-state index contributed by atoms with van der Waals surface area (Å²) in [6.45, 7) is 6.96. The van der Waals surface area contributed by atoms with Gasteiger partial charge in [-0.2, -0.15) is 0 Å². The Morgan fingerprint density at radius 1 is 1.21 bits per heavy atom. The molecule has 2 heterocycles. The van der Waals surface area contributed by atoms with Crippen LogP contribution in [0.2, 0.25) is 0 Å². The minimum Gasteiger partial charge on any atom is -0.383 e. The van der Waals surface area contributed by atoms with Crippen molar-refractivity contribution in [2.24, 2.45) is 0 Å². The Morgan fingerprint density at radius 3 is 2.68 bits per heavy atom. The quantitative estimate of drug-likeness (QED) is 0.889. The minimum atomic E-state index is 0.540. The predicted octanol–water partition coefficient (Wildman–Crippen LogP) is 1.99. The number of rotatable bonds is 5. The average Bonchev–Trinajstić information content (AvgIpc) is 2.82. The van der Waals surface area contributed by atoms with Gasteiger partial charge in [0.2, 0.25) is 0 Å². The second-order valence-electron chi connectivity index (χ2n) is 4.59. The SMILES string of the molecule is CCCc1nc(N)c(C)c(-c2cnnn2CCC)n1. The molecule has 0 aliphatic carbocycles. The van der Waals surface area contributed by atoms with Crippen LogP contribution >= 0.6 is 0 Å². The zero-order chi connectivity index (χ0) is 13.8. The highest BCUT2D eigenvalue weighted by Gasteiger charge is 2.14. The Bertz CT molecular complexity index is 560. The highest BCUT2D eigenvalue weighted by Crippen LogP contribution is 2.24. The van der Waals surface area contributed by atoms with Crippen molar-refractivity contribution in [2.45, 2.75) is 46.6 Å². The fraction of sp³-hybridized carbons (Fsp3) is 0.538. The van der Waals surface area contributed by atoms with E-state index in [4.69, 9.17) is 5.73 Å². The molecule has 19 heavy (non-hydrogen) atoms. The molecule has 0 unspecified atom stereocenters. The number of aromatic nitrogens is 5. The highest BCUT2D eigenvalue weighted by molar-refractivity contribution is 5.63. The van der Waals surface area contributed by atoms with Crippen molar-refractivity contribution in [2.75, 3.05) is 5.73 Å². The van der Waals surface area contributed by atoms with Crippen molar-refractivity contribution in [3.8, 4) is 11.4 Å². The predicted molar refractivity (Wildman–Crippen MR) is 74.5 cm³/mol. The van der Waals surface area contributed by atoms with Crippen LogP contribution in [0.1, 0.15) is 38.1 Å². The zero-order valence-corrected chi connectivity index (χ0v) is 11.7. The van der Waals surface area contributed by atoms with E-state index in [1.165, 1.54) is 0 Å². The molecule has 0 saturated carbocycles. The molecule has 6 nitrogen and oxygen atoms in total. The van der Waals surface area contributed by atoms with Crippen LogP contribution in [-0.2, 0) is 13.0 Å². The van der Waals surface area contributed by atoms with Crippen LogP contribution in [0.5, 0.6) is 0 Å². The molecular weight excluding hydrogens is 240 g/mol. The van der Waals surface area contributed by atoms with E-state index >= 15 is 0 Å². The Balaban J connectivity index is 2.50. The van der Waals surface area contributed by atoms with Gasteiger partial charge in [-0.1, -0.05) is 19.1 Å². The van der Waals surface area contributed by atoms with E-state index in [0.717, 1.165) is 48.6 Å². The Labute approximate surface area is 113 Å². The lowest BCUT2D eigenvalue weighted by Crippen LogP contribution is -2.08. The van der Waals surface area contributed by atoms with Gasteiger partial charge in [0, 0.05) is 18.5 Å². The van der Waals surface area contributed by atoms with Crippen LogP contribution in [0.4, 0.5) is 5.82 Å². The van der Waals surface area contributed by atoms with Gasteiger partial charge >= 0.3 is 0 Å². The van der Waals surface area contributed by atoms with E-state index in [1.54, 1.807) is 6.20 Å². The van der Waals surface area contributed by atoms with Crippen molar-refractivity contribution in [3.63, 3.8) is 0 Å². The molecule has 0 aliphatic heterocycles. The van der Waals surface area contributed by atoms with Crippen molar-refractivity contribution in [1.29, 1.82) is 0 Å². The molecule has 0 bridgehead atoms. The van der Waals surface area contributed by atoms with Crippen molar-refractivity contribution < 1.29 is 0 Å². The molecule has 0 aromatic carbocycles. The second-order valence-corrected chi connectivity index (χ2v) is 4.59. The van der Waals surface area contributed by atoms with Crippen molar-refractivity contribution >= 4 is 5.82 Å². The number of aryl methyl sites for hydroxylation is 2. The fourth-order valence-electron chi connectivity index (χ4n) is 1.98. The second kappa shape index (κ2) is 5.77. The first-order chi connectivity index (χ1) is 9.17. The first kappa shape index (κ1) is 13.5. The maximum Gasteiger partial charge on any atom is 0.131 e. The standard InChI is InChI=1S/C13H20N6/c1-4-6-11-16-12(9(3)13(14)17-11)10-8-15-18-19(10)7-5-2/h8H,4-7H2,1-3H3,(H2,14,16,17). The lowest BCUT2D eigenvalue weighted by Gasteiger charge is -2.10. The van der Waals surface area contributed by atoms with E-state index < -0.39 is 0 Å². The molecule has 2 aromatic heterocycles. The van der Waals surface area contributed by atoms with Crippen LogP contribution in [-0.4, -0.2) is 25.0 Å². The molecule has 0 spiro atoms. The minimum absolute atomic E-state index is 0.540. The molecule has 0 atom stereocenters. The van der Waals surface area contributed by atoms with Gasteiger partial charge in [-0.05, 0) is 19.8 Å². The van der Waals surface area contributed by atoms with Gasteiger partial charge in [-0.15, -0.1) is 5.10 Å². The summed E-state index contributed by atoms with van der Waals surface area (Å²) < 4.78 is 1.87. The van der Waals surface area contributed by atoms with E-state index in [2.05, 4.69) is 34.1 Å². The zero-order valence-electron chi connectivity index (χ0n) is 11.7. The fourth-order valence-corrected chi connectivity index (χ4v) is 1.98. The van der Waals surface area contributed by atoms with Gasteiger partial charge in [-0.3, -0.25) is 0 Å². The molecule has 0 fully saturated rings. The molecule has 2 aromatic rings. The van der Waals surface area contributed by atoms with Crippen LogP contribution < -0.4 is 5.73 Å². The summed E-state index contributed by atoms with van der Waals surface area (Å²) in [6, 6.07) is 0. The summed E-state index contributed by atoms with van der Waals surface area (Å²) in [6.07, 6.45) is 4.55. The largest absolute Gasteiger partial charge is 0.383 e. The van der Waals surface area contributed by atoms with E-state index in [9.17, 15) is 0 Å². The lowest BCUT2D eigenvalue weighted by molar-refractivity contribution is 0.583. The Kier molecular flexibility index (Phi) is 4.09. The Morgan fingerprint density at radius 2 is 2.00 bits per heavy atom. The number of hydrogen-bond acceptors (Lipinski definition) is 5. The smallest absolute Gasteiger partial charge is 0.131 e. The third kappa shape index (κ3) is 2.72. The number of nitrogens with two attached hydrogens (primary N) is 1. The summed E-state index contributed by atoms with van der Waals surface area (Å²) >= 11 is 0. The molecular formula is C13H20N6. The van der Waals surface area contributed by atoms with E-state index in [-0.39, 0.29) is 0 Å². The first-order valence-corrected chi connectivity index (χ1v) is 6.69. The van der Waals surface area contributed by atoms with Gasteiger partial charge < -0.3 is 5.73 Å². The highest BCUT2D eigenvalue weighted by atomic mass is 15.4. The van der Waals surface area contributed by atoms with Gasteiger partial charge in [0.15, 0.2) is 0 Å². The summed E-state index contributed by atoms with van der Waals surface area (Å²) in [5, 5.41) is 8.07. The molecule has 0 amide bonds. The normalized spacial score (nSPS) is 10.9. The van der Waals surface area contributed by atoms with Crippen LogP contribution in [0.15, 0.2) is 6.20 Å². The maximum atomic E-state index is 5.98. The van der Waals surface area contributed by atoms with Gasteiger partial charge in [0.05, 0.1) is 11.9 Å². The average molecular weight is 260 g/mol. The molecule has 6 heteroatoms. The molecule has 0 aliphatic rings. The van der Waals surface area contributed by atoms with E-state index in [1.807, 2.05) is 11.6 Å². The summed E-state index contributed by atoms with van der Waals surface area (Å²) in [4.78, 5) is 8.94. The third-order valence-corrected chi connectivity index (χ3v) is 3.00. The first-order valence-electron chi connectivity index (χ1n) is 6.69. The van der Waals surface area contributed by atoms with Crippen LogP contribution in [0, 0.1) is 6.92 Å². The van der Waals surface area contributed by atoms with E-state index in [0.29, 0.717) is 5.82 Å². The number of anilines is 1. The van der Waals surface area contributed by atoms with Gasteiger partial charge in [-0.25, -0.2) is 14.6 Å². The molecule has 2 N–H and O–H groups in total. The summed E-state index contributed by atoms with van der Waals surface area (Å²) in [5.74, 6) is 1.32. The van der Waals surface area contributed by atoms with Crippen molar-refractivity contribution in [1.82, 2.24) is 25.0 Å². The lowest BCUT2D eigenvalue weighted by atomic mass is 10.1. The van der Waals surface area contributed by atoms with Gasteiger partial charge in [0.25, 0.3) is 0 Å². The van der Waals surface area contributed by atoms with Crippen LogP contribution in [0.25, 0.3) is 11.4 Å². The number of nitrogens with zero attached hydrogens (tertiary/aromatic N) is 5.